The maximum Gasteiger partial charge on any atom is 0.282 e. The lowest BCUT2D eigenvalue weighted by Crippen LogP contribution is -3.18. The average Bonchev–Trinajstić information content (AvgIpc) is 2.39. The van der Waals surface area contributed by atoms with Gasteiger partial charge in [0.05, 0.1) is 13.1 Å². The minimum Gasteiger partial charge on any atom is -0.324 e. The summed E-state index contributed by atoms with van der Waals surface area (Å²) in [4.78, 5) is 13.6. The Morgan fingerprint density at radius 1 is 1.25 bits per heavy atom. The smallest absolute Gasteiger partial charge is 0.282 e. The molecule has 2 rings (SSSR count). The SMILES string of the molecule is C[C@@H]1C[C@@H](C)C[NH+]([C@@H](C)C(=O)Nc2ccc(F)cc2)C1. The first-order chi connectivity index (χ1) is 9.45. The second-order valence-corrected chi connectivity index (χ2v) is 6.23. The van der Waals surface area contributed by atoms with Gasteiger partial charge in [-0.25, -0.2) is 4.39 Å². The second kappa shape index (κ2) is 6.35. The van der Waals surface area contributed by atoms with E-state index in [1.807, 2.05) is 6.92 Å². The fourth-order valence-corrected chi connectivity index (χ4v) is 3.15. The topological polar surface area (TPSA) is 33.5 Å². The number of piperidine rings is 1. The summed E-state index contributed by atoms with van der Waals surface area (Å²) in [5.41, 5.74) is 0.653. The third kappa shape index (κ3) is 3.79. The van der Waals surface area contributed by atoms with Crippen LogP contribution in [-0.2, 0) is 4.79 Å². The first-order valence-electron chi connectivity index (χ1n) is 7.36. The highest BCUT2D eigenvalue weighted by Gasteiger charge is 2.32. The highest BCUT2D eigenvalue weighted by Crippen LogP contribution is 2.13. The van der Waals surface area contributed by atoms with Gasteiger partial charge >= 0.3 is 0 Å². The highest BCUT2D eigenvalue weighted by molar-refractivity contribution is 5.93. The van der Waals surface area contributed by atoms with E-state index in [0.717, 1.165) is 13.1 Å². The molecule has 1 aromatic carbocycles. The Morgan fingerprint density at radius 2 is 1.80 bits per heavy atom. The number of hydrogen-bond donors (Lipinski definition) is 2. The van der Waals surface area contributed by atoms with E-state index in [2.05, 4.69) is 19.2 Å². The Balaban J connectivity index is 1.96. The zero-order chi connectivity index (χ0) is 14.7. The fraction of sp³-hybridized carbons (Fsp3) is 0.562. The van der Waals surface area contributed by atoms with Crippen LogP contribution in [0.3, 0.4) is 0 Å². The minimum absolute atomic E-state index is 0.00732. The van der Waals surface area contributed by atoms with Gasteiger partial charge in [0.15, 0.2) is 6.04 Å². The van der Waals surface area contributed by atoms with E-state index in [1.165, 1.54) is 23.5 Å². The second-order valence-electron chi connectivity index (χ2n) is 6.23. The monoisotopic (exact) mass is 279 g/mol. The lowest BCUT2D eigenvalue weighted by molar-refractivity contribution is -0.925. The molecule has 1 fully saturated rings. The van der Waals surface area contributed by atoms with Crippen molar-refractivity contribution in [1.82, 2.24) is 0 Å². The van der Waals surface area contributed by atoms with Gasteiger partial charge in [0.1, 0.15) is 5.82 Å². The third-order valence-corrected chi connectivity index (χ3v) is 4.14. The van der Waals surface area contributed by atoms with Crippen molar-refractivity contribution in [2.75, 3.05) is 18.4 Å². The number of rotatable bonds is 3. The van der Waals surface area contributed by atoms with Crippen LogP contribution < -0.4 is 10.2 Å². The van der Waals surface area contributed by atoms with Crippen molar-refractivity contribution in [1.29, 1.82) is 0 Å². The van der Waals surface area contributed by atoms with Gasteiger partial charge in [-0.1, -0.05) is 13.8 Å². The van der Waals surface area contributed by atoms with Crippen molar-refractivity contribution < 1.29 is 14.1 Å². The maximum absolute atomic E-state index is 12.8. The van der Waals surface area contributed by atoms with E-state index >= 15 is 0 Å². The third-order valence-electron chi connectivity index (χ3n) is 4.14. The lowest BCUT2D eigenvalue weighted by Gasteiger charge is -2.35. The predicted octanol–water partition coefficient (Wildman–Crippen LogP) is 1.71. The van der Waals surface area contributed by atoms with Gasteiger partial charge in [-0.3, -0.25) is 4.79 Å². The van der Waals surface area contributed by atoms with Gasteiger partial charge in [0, 0.05) is 17.5 Å². The number of carbonyl (C=O) groups excluding carboxylic acids is 1. The Kier molecular flexibility index (Phi) is 4.76. The molecule has 0 bridgehead atoms. The van der Waals surface area contributed by atoms with E-state index in [-0.39, 0.29) is 17.8 Å². The van der Waals surface area contributed by atoms with E-state index in [1.54, 1.807) is 12.1 Å². The Hall–Kier alpha value is -1.42. The van der Waals surface area contributed by atoms with Crippen LogP contribution >= 0.6 is 0 Å². The molecular weight excluding hydrogens is 255 g/mol. The average molecular weight is 279 g/mol. The molecule has 110 valence electrons. The number of benzene rings is 1. The summed E-state index contributed by atoms with van der Waals surface area (Å²) in [6.45, 7) is 8.56. The number of nitrogens with one attached hydrogen (secondary N) is 2. The zero-order valence-corrected chi connectivity index (χ0v) is 12.4. The molecule has 1 amide bonds. The lowest BCUT2D eigenvalue weighted by atomic mass is 9.91. The molecule has 1 aromatic rings. The predicted molar refractivity (Wildman–Crippen MR) is 78.1 cm³/mol. The summed E-state index contributed by atoms with van der Waals surface area (Å²) in [6.07, 6.45) is 1.25. The van der Waals surface area contributed by atoms with Crippen LogP contribution in [0.25, 0.3) is 0 Å². The quantitative estimate of drug-likeness (QED) is 0.868. The Morgan fingerprint density at radius 3 is 2.35 bits per heavy atom. The molecule has 1 saturated heterocycles. The van der Waals surface area contributed by atoms with Gasteiger partial charge in [-0.2, -0.15) is 0 Å². The van der Waals surface area contributed by atoms with Crippen molar-refractivity contribution in [2.24, 2.45) is 11.8 Å². The number of carbonyl (C=O) groups is 1. The summed E-state index contributed by atoms with van der Waals surface area (Å²) in [7, 11) is 0. The minimum atomic E-state index is -0.291. The maximum atomic E-state index is 12.8. The molecule has 20 heavy (non-hydrogen) atoms. The standard InChI is InChI=1S/C16H23FN2O/c1-11-8-12(2)10-19(9-11)13(3)16(20)18-15-6-4-14(17)5-7-15/h4-7,11-13H,8-10H2,1-3H3,(H,18,20)/p+1/t11-,12-,13+/m1/s1. The van der Waals surface area contributed by atoms with Crippen LogP contribution in [0.5, 0.6) is 0 Å². The van der Waals surface area contributed by atoms with E-state index < -0.39 is 0 Å². The van der Waals surface area contributed by atoms with Crippen LogP contribution in [0.4, 0.5) is 10.1 Å². The Labute approximate surface area is 120 Å². The molecule has 0 spiro atoms. The molecule has 1 aliphatic heterocycles. The number of amides is 1. The van der Waals surface area contributed by atoms with E-state index in [0.29, 0.717) is 17.5 Å². The molecule has 1 aliphatic rings. The zero-order valence-electron chi connectivity index (χ0n) is 12.4. The van der Waals surface area contributed by atoms with E-state index in [9.17, 15) is 9.18 Å². The summed E-state index contributed by atoms with van der Waals surface area (Å²) in [5, 5.41) is 2.87. The summed E-state index contributed by atoms with van der Waals surface area (Å²) in [5.74, 6) is 1.04. The first kappa shape index (κ1) is 15.0. The number of hydrogen-bond acceptors (Lipinski definition) is 1. The summed E-state index contributed by atoms with van der Waals surface area (Å²) >= 11 is 0. The number of likely N-dealkylation sites (tertiary alicyclic amines) is 1. The molecule has 3 nitrogen and oxygen atoms in total. The van der Waals surface area contributed by atoms with Crippen molar-refractivity contribution in [3.63, 3.8) is 0 Å². The number of quaternary nitrogens is 1. The van der Waals surface area contributed by atoms with Crippen molar-refractivity contribution in [2.45, 2.75) is 33.2 Å². The van der Waals surface area contributed by atoms with Crippen molar-refractivity contribution in [3.8, 4) is 0 Å². The molecule has 0 aliphatic carbocycles. The van der Waals surface area contributed by atoms with Gasteiger partial charge in [-0.05, 0) is 37.6 Å². The van der Waals surface area contributed by atoms with Gasteiger partial charge in [-0.15, -0.1) is 0 Å². The molecule has 4 heteroatoms. The molecule has 3 atom stereocenters. The number of anilines is 1. The van der Waals surface area contributed by atoms with Gasteiger partial charge < -0.3 is 10.2 Å². The summed E-state index contributed by atoms with van der Waals surface area (Å²) in [6, 6.07) is 5.83. The van der Waals surface area contributed by atoms with Gasteiger partial charge in [0.25, 0.3) is 5.91 Å². The van der Waals surface area contributed by atoms with Crippen molar-refractivity contribution >= 4 is 11.6 Å². The molecule has 0 saturated carbocycles. The first-order valence-corrected chi connectivity index (χ1v) is 7.36. The highest BCUT2D eigenvalue weighted by atomic mass is 19.1. The van der Waals surface area contributed by atoms with E-state index in [4.69, 9.17) is 0 Å². The van der Waals surface area contributed by atoms with Crippen LogP contribution in [-0.4, -0.2) is 25.0 Å². The molecule has 0 aromatic heterocycles. The van der Waals surface area contributed by atoms with Crippen LogP contribution in [0.1, 0.15) is 27.2 Å². The van der Waals surface area contributed by atoms with Gasteiger partial charge in [0.2, 0.25) is 0 Å². The Bertz CT molecular complexity index is 450. The molecule has 0 radical (unpaired) electrons. The van der Waals surface area contributed by atoms with Crippen LogP contribution in [0.15, 0.2) is 24.3 Å². The van der Waals surface area contributed by atoms with Crippen LogP contribution in [0, 0.1) is 17.7 Å². The normalized spacial score (nSPS) is 27.9. The molecular formula is C16H24FN2O+. The largest absolute Gasteiger partial charge is 0.324 e. The molecule has 1 heterocycles. The summed E-state index contributed by atoms with van der Waals surface area (Å²) < 4.78 is 12.8. The number of halogens is 1. The fourth-order valence-electron chi connectivity index (χ4n) is 3.15. The van der Waals surface area contributed by atoms with Crippen molar-refractivity contribution in [3.05, 3.63) is 30.1 Å². The molecule has 0 unspecified atom stereocenters. The molecule has 2 N–H and O–H groups in total. The van der Waals surface area contributed by atoms with Crippen LogP contribution in [0.2, 0.25) is 0 Å².